The SMILES string of the molecule is CC(=O)N1CC(=C(F)F)C[C@@H]1C(=O)OCc1ccccc1. The molecule has 0 radical (unpaired) electrons. The van der Waals surface area contributed by atoms with Crippen molar-refractivity contribution in [1.82, 2.24) is 4.90 Å². The first-order valence-corrected chi connectivity index (χ1v) is 6.50. The highest BCUT2D eigenvalue weighted by atomic mass is 19.3. The van der Waals surface area contributed by atoms with Crippen LogP contribution >= 0.6 is 0 Å². The highest BCUT2D eigenvalue weighted by molar-refractivity contribution is 5.85. The van der Waals surface area contributed by atoms with Gasteiger partial charge in [0.1, 0.15) is 12.6 Å². The first kappa shape index (κ1) is 15.2. The molecule has 0 saturated carbocycles. The maximum atomic E-state index is 12.7. The molecule has 1 atom stereocenters. The first-order valence-electron chi connectivity index (χ1n) is 6.50. The number of nitrogens with zero attached hydrogens (tertiary/aromatic N) is 1. The molecule has 1 aliphatic heterocycles. The average molecular weight is 295 g/mol. The number of carbonyl (C=O) groups excluding carboxylic acids is 2. The number of likely N-dealkylation sites (tertiary alicyclic amines) is 1. The smallest absolute Gasteiger partial charge is 0.329 e. The Kier molecular flexibility index (Phi) is 4.67. The Morgan fingerprint density at radius 2 is 1.95 bits per heavy atom. The van der Waals surface area contributed by atoms with Crippen LogP contribution < -0.4 is 0 Å². The fraction of sp³-hybridized carbons (Fsp3) is 0.333. The van der Waals surface area contributed by atoms with E-state index in [2.05, 4.69) is 0 Å². The van der Waals surface area contributed by atoms with Crippen LogP contribution in [0.3, 0.4) is 0 Å². The van der Waals surface area contributed by atoms with Gasteiger partial charge < -0.3 is 9.64 Å². The molecule has 6 heteroatoms. The van der Waals surface area contributed by atoms with Crippen molar-refractivity contribution in [2.45, 2.75) is 26.0 Å². The van der Waals surface area contributed by atoms with Crippen molar-refractivity contribution >= 4 is 11.9 Å². The van der Waals surface area contributed by atoms with Gasteiger partial charge in [0.05, 0.1) is 0 Å². The van der Waals surface area contributed by atoms with Crippen LogP contribution in [0.15, 0.2) is 42.0 Å². The number of benzene rings is 1. The number of hydrogen-bond acceptors (Lipinski definition) is 3. The molecule has 0 aromatic heterocycles. The second-order valence-electron chi connectivity index (χ2n) is 4.82. The van der Waals surface area contributed by atoms with Gasteiger partial charge in [0.15, 0.2) is 0 Å². The van der Waals surface area contributed by atoms with E-state index in [4.69, 9.17) is 4.74 Å². The summed E-state index contributed by atoms with van der Waals surface area (Å²) in [7, 11) is 0. The average Bonchev–Trinajstić information content (AvgIpc) is 2.91. The molecule has 0 unspecified atom stereocenters. The topological polar surface area (TPSA) is 46.6 Å². The molecular formula is C15H15F2NO3. The predicted molar refractivity (Wildman–Crippen MR) is 71.3 cm³/mol. The van der Waals surface area contributed by atoms with Crippen LogP contribution in [0.4, 0.5) is 8.78 Å². The molecule has 0 spiro atoms. The molecule has 1 heterocycles. The van der Waals surface area contributed by atoms with Gasteiger partial charge >= 0.3 is 5.97 Å². The number of carbonyl (C=O) groups is 2. The van der Waals surface area contributed by atoms with Gasteiger partial charge in [-0.3, -0.25) is 4.79 Å². The van der Waals surface area contributed by atoms with E-state index in [9.17, 15) is 18.4 Å². The third-order valence-electron chi connectivity index (χ3n) is 3.34. The number of rotatable bonds is 3. The van der Waals surface area contributed by atoms with Gasteiger partial charge in [-0.1, -0.05) is 30.3 Å². The maximum Gasteiger partial charge on any atom is 0.329 e. The predicted octanol–water partition coefficient (Wildman–Crippen LogP) is 2.50. The van der Waals surface area contributed by atoms with Gasteiger partial charge in [-0.15, -0.1) is 0 Å². The first-order chi connectivity index (χ1) is 9.99. The van der Waals surface area contributed by atoms with Crippen LogP contribution in [-0.2, 0) is 20.9 Å². The van der Waals surface area contributed by atoms with Gasteiger partial charge in [-0.25, -0.2) is 4.79 Å². The normalized spacial score (nSPS) is 17.8. The molecule has 0 aliphatic carbocycles. The molecular weight excluding hydrogens is 280 g/mol. The van der Waals surface area contributed by atoms with Gasteiger partial charge in [-0.2, -0.15) is 8.78 Å². The Morgan fingerprint density at radius 1 is 1.29 bits per heavy atom. The van der Waals surface area contributed by atoms with Crippen molar-refractivity contribution in [2.24, 2.45) is 0 Å². The van der Waals surface area contributed by atoms with Crippen molar-refractivity contribution in [3.63, 3.8) is 0 Å². The van der Waals surface area contributed by atoms with E-state index in [0.29, 0.717) is 0 Å². The van der Waals surface area contributed by atoms with Crippen LogP contribution in [0, 0.1) is 0 Å². The lowest BCUT2D eigenvalue weighted by molar-refractivity contribution is -0.154. The molecule has 2 rings (SSSR count). The summed E-state index contributed by atoms with van der Waals surface area (Å²) in [6, 6.07) is 8.05. The molecule has 1 aromatic carbocycles. The van der Waals surface area contributed by atoms with Crippen molar-refractivity contribution in [2.75, 3.05) is 6.54 Å². The summed E-state index contributed by atoms with van der Waals surface area (Å²) < 4.78 is 30.4. The van der Waals surface area contributed by atoms with Gasteiger partial charge in [0, 0.05) is 25.5 Å². The molecule has 1 fully saturated rings. The quantitative estimate of drug-likeness (QED) is 0.805. The fourth-order valence-corrected chi connectivity index (χ4v) is 2.23. The minimum Gasteiger partial charge on any atom is -0.459 e. The maximum absolute atomic E-state index is 12.7. The summed E-state index contributed by atoms with van der Waals surface area (Å²) in [6.07, 6.45) is -2.00. The van der Waals surface area contributed by atoms with E-state index < -0.39 is 24.0 Å². The van der Waals surface area contributed by atoms with Gasteiger partial charge in [0.2, 0.25) is 5.91 Å². The molecule has 1 amide bonds. The molecule has 1 aliphatic rings. The molecule has 0 bridgehead atoms. The summed E-state index contributed by atoms with van der Waals surface area (Å²) in [5.74, 6) is -1.08. The summed E-state index contributed by atoms with van der Waals surface area (Å²) in [4.78, 5) is 24.6. The zero-order valence-electron chi connectivity index (χ0n) is 11.5. The second kappa shape index (κ2) is 6.47. The third-order valence-corrected chi connectivity index (χ3v) is 3.34. The summed E-state index contributed by atoms with van der Waals surface area (Å²) >= 11 is 0. The van der Waals surface area contributed by atoms with Crippen LogP contribution in [-0.4, -0.2) is 29.4 Å². The Balaban J connectivity index is 2.03. The molecule has 112 valence electrons. The Hall–Kier alpha value is -2.24. The minimum absolute atomic E-state index is 0.0546. The largest absolute Gasteiger partial charge is 0.459 e. The Morgan fingerprint density at radius 3 is 2.52 bits per heavy atom. The van der Waals surface area contributed by atoms with Crippen LogP contribution in [0.5, 0.6) is 0 Å². The van der Waals surface area contributed by atoms with E-state index in [0.717, 1.165) is 10.5 Å². The zero-order chi connectivity index (χ0) is 15.4. The van der Waals surface area contributed by atoms with Gasteiger partial charge in [0.25, 0.3) is 6.08 Å². The zero-order valence-corrected chi connectivity index (χ0v) is 11.5. The van der Waals surface area contributed by atoms with Crippen LogP contribution in [0.2, 0.25) is 0 Å². The van der Waals surface area contributed by atoms with E-state index in [1.807, 2.05) is 6.07 Å². The van der Waals surface area contributed by atoms with Crippen LogP contribution in [0.25, 0.3) is 0 Å². The molecule has 1 saturated heterocycles. The number of esters is 1. The van der Waals surface area contributed by atoms with E-state index in [-0.39, 0.29) is 25.1 Å². The highest BCUT2D eigenvalue weighted by Crippen LogP contribution is 2.27. The number of ether oxygens (including phenoxy) is 1. The third kappa shape index (κ3) is 3.65. The van der Waals surface area contributed by atoms with Crippen molar-refractivity contribution in [3.05, 3.63) is 47.5 Å². The lowest BCUT2D eigenvalue weighted by Gasteiger charge is -2.21. The minimum atomic E-state index is -1.83. The molecule has 21 heavy (non-hydrogen) atoms. The van der Waals surface area contributed by atoms with Crippen LogP contribution in [0.1, 0.15) is 18.9 Å². The summed E-state index contributed by atoms with van der Waals surface area (Å²) in [6.45, 7) is 1.08. The lowest BCUT2D eigenvalue weighted by Crippen LogP contribution is -2.40. The highest BCUT2D eigenvalue weighted by Gasteiger charge is 2.38. The van der Waals surface area contributed by atoms with Crippen molar-refractivity contribution in [1.29, 1.82) is 0 Å². The monoisotopic (exact) mass is 295 g/mol. The number of amides is 1. The summed E-state index contributed by atoms with van der Waals surface area (Å²) in [5, 5.41) is 0. The number of halogens is 2. The standard InChI is InChI=1S/C15H15F2NO3/c1-10(19)18-8-12(14(16)17)7-13(18)15(20)21-9-11-5-3-2-4-6-11/h2-6,13H,7-9H2,1H3/t13-/m1/s1. The molecule has 4 nitrogen and oxygen atoms in total. The number of hydrogen-bond donors (Lipinski definition) is 0. The van der Waals surface area contributed by atoms with E-state index in [1.54, 1.807) is 24.3 Å². The lowest BCUT2D eigenvalue weighted by atomic mass is 10.1. The van der Waals surface area contributed by atoms with E-state index in [1.165, 1.54) is 6.92 Å². The van der Waals surface area contributed by atoms with E-state index >= 15 is 0 Å². The second-order valence-corrected chi connectivity index (χ2v) is 4.82. The Labute approximate surface area is 121 Å². The van der Waals surface area contributed by atoms with Crippen molar-refractivity contribution in [3.8, 4) is 0 Å². The molecule has 1 aromatic rings. The molecule has 0 N–H and O–H groups in total. The van der Waals surface area contributed by atoms with Crippen molar-refractivity contribution < 1.29 is 23.1 Å². The van der Waals surface area contributed by atoms with Gasteiger partial charge in [-0.05, 0) is 5.56 Å². The fourth-order valence-electron chi connectivity index (χ4n) is 2.23. The Bertz CT molecular complexity index is 568. The summed E-state index contributed by atoms with van der Waals surface area (Å²) in [5.41, 5.74) is 0.609.